The van der Waals surface area contributed by atoms with Gasteiger partial charge < -0.3 is 38.9 Å². The standard InChI is InChI=1S/2C28H21N5O.2C27H20N6O/c2*1-4-17-5-3-11-34-21-13-20(15-29-16-21)18-9-10-24-23(14-18)27(33-32-24)28-30-25-8-2-7-22(26(25)31-28)19(6-1)12-17;1-3-16-4-2-10-34-20-12-19(14-28-15-20)17-6-7-22-21(13-17)25(33-32-22)27-30-23-8-9-29-24(26(23)31-27)18(5-1)11-16;1-3-16-4-2-8-34-20-10-19(12-28-13-20)17-6-7-23-21(11-17)26(33-32-23)27-30-24-15-29-14-22(25(24)31-27)18(5-1)9-16/h2*1-2,4,6-10,12-16H,3,5,11H2,(H,30,31)(H,32,33);1,3,5-9,11-15H,2,4,10H2,(H,30,31)(H,32,33);1,3,5-7,9-15H,2,4,8H2,(H,30,31)(H,32,33). The van der Waals surface area contributed by atoms with E-state index in [0.29, 0.717) is 38.1 Å². The number of imidazole rings is 4. The molecule has 0 unspecified atom stereocenters. The first-order valence-electron chi connectivity index (χ1n) is 45.6. The van der Waals surface area contributed by atoms with Crippen LogP contribution in [-0.4, -0.2) is 137 Å². The molecule has 4 aliphatic rings. The van der Waals surface area contributed by atoms with Crippen LogP contribution in [-0.2, 0) is 25.7 Å². The average Bonchev–Trinajstić information content (AvgIpc) is 1.63. The predicted octanol–water partition coefficient (Wildman–Crippen LogP) is 23.4. The van der Waals surface area contributed by atoms with E-state index in [2.05, 4.69) is 273 Å². The maximum atomic E-state index is 6.05. The summed E-state index contributed by atoms with van der Waals surface area (Å²) in [6.07, 6.45) is 27.4. The molecule has 32 bridgehead atoms. The molecule has 0 amide bonds. The number of hydrogen-bond acceptors (Lipinski definition) is 18. The molecule has 136 heavy (non-hydrogen) atoms. The summed E-state index contributed by atoms with van der Waals surface area (Å²) in [5.74, 6) is 6.02. The summed E-state index contributed by atoms with van der Waals surface area (Å²) in [6, 6.07) is 82.1. The maximum absolute atomic E-state index is 6.05. The summed E-state index contributed by atoms with van der Waals surface area (Å²) < 4.78 is 24.2. The fourth-order valence-corrected chi connectivity index (χ4v) is 18.8. The lowest BCUT2D eigenvalue weighted by Gasteiger charge is -2.09. The molecule has 14 aromatic heterocycles. The van der Waals surface area contributed by atoms with Gasteiger partial charge in [-0.25, -0.2) is 19.9 Å². The number of fused-ring (bicyclic) bond motifs is 36. The molecule has 0 aliphatic carbocycles. The van der Waals surface area contributed by atoms with Crippen molar-refractivity contribution in [1.82, 2.24) is 111 Å². The molecule has 24 aromatic rings. The molecule has 0 atom stereocenters. The number of benzene rings is 10. The molecule has 8 N–H and O–H groups in total. The van der Waals surface area contributed by atoms with Crippen molar-refractivity contribution in [3.8, 4) is 158 Å². The smallest absolute Gasteiger partial charge is 0.159 e. The Hall–Kier alpha value is -17.9. The molecule has 656 valence electrons. The Morgan fingerprint density at radius 2 is 0.537 bits per heavy atom. The van der Waals surface area contributed by atoms with Crippen molar-refractivity contribution in [2.75, 3.05) is 26.4 Å². The number of H-pyrrole nitrogens is 8. The number of ether oxygens (including phenoxy) is 4. The maximum Gasteiger partial charge on any atom is 0.159 e. The number of aryl methyl sites for hydroxylation is 4. The largest absolute Gasteiger partial charge is 0.492 e. The van der Waals surface area contributed by atoms with Gasteiger partial charge >= 0.3 is 0 Å². The molecule has 0 radical (unpaired) electrons. The van der Waals surface area contributed by atoms with Crippen LogP contribution in [0, 0.1) is 0 Å². The Balaban J connectivity index is 0.0000000965. The second-order valence-electron chi connectivity index (χ2n) is 34.5. The van der Waals surface area contributed by atoms with Crippen LogP contribution < -0.4 is 18.9 Å². The topological polar surface area (TPSA) is 344 Å². The lowest BCUT2D eigenvalue weighted by Crippen LogP contribution is -2.00. The van der Waals surface area contributed by atoms with Gasteiger partial charge in [-0.1, -0.05) is 140 Å². The number of hydrogen-bond donors (Lipinski definition) is 8. The van der Waals surface area contributed by atoms with Crippen LogP contribution in [0.1, 0.15) is 47.9 Å². The number of nitrogens with zero attached hydrogens (tertiary/aromatic N) is 14. The summed E-state index contributed by atoms with van der Waals surface area (Å²) >= 11 is 0. The van der Waals surface area contributed by atoms with Gasteiger partial charge in [0, 0.05) is 103 Å². The van der Waals surface area contributed by atoms with Crippen LogP contribution >= 0.6 is 0 Å². The summed E-state index contributed by atoms with van der Waals surface area (Å²) in [5.41, 5.74) is 36.2. The molecule has 0 saturated heterocycles. The summed E-state index contributed by atoms with van der Waals surface area (Å²) in [4.78, 5) is 60.6. The first-order chi connectivity index (χ1) is 67.3. The molecule has 28 rings (SSSR count). The van der Waals surface area contributed by atoms with E-state index >= 15 is 0 Å². The minimum atomic E-state index is 0.622. The van der Waals surface area contributed by atoms with Crippen LogP contribution in [0.25, 0.3) is 223 Å². The van der Waals surface area contributed by atoms with Crippen molar-refractivity contribution in [3.05, 3.63) is 327 Å². The molecule has 18 heterocycles. The number of nitrogens with one attached hydrogen (secondary N) is 8. The molecular weight excluding hydrogens is 1690 g/mol. The van der Waals surface area contributed by atoms with Crippen LogP contribution in [0.2, 0.25) is 0 Å². The van der Waals surface area contributed by atoms with Gasteiger partial charge in [-0.2, -0.15) is 20.4 Å². The Labute approximate surface area is 775 Å². The summed E-state index contributed by atoms with van der Waals surface area (Å²) in [7, 11) is 0. The molecule has 0 spiro atoms. The van der Waals surface area contributed by atoms with Crippen LogP contribution in [0.15, 0.2) is 305 Å². The zero-order valence-corrected chi connectivity index (χ0v) is 73.2. The Morgan fingerprint density at radius 1 is 0.221 bits per heavy atom. The van der Waals surface area contributed by atoms with Crippen LogP contribution in [0.3, 0.4) is 0 Å². The highest BCUT2D eigenvalue weighted by molar-refractivity contribution is 6.04. The van der Waals surface area contributed by atoms with Crippen molar-refractivity contribution in [3.63, 3.8) is 0 Å². The van der Waals surface area contributed by atoms with Crippen LogP contribution in [0.4, 0.5) is 0 Å². The molecule has 26 heteroatoms. The molecule has 26 nitrogen and oxygen atoms in total. The van der Waals surface area contributed by atoms with E-state index in [1.165, 1.54) is 22.3 Å². The Morgan fingerprint density at radius 3 is 0.919 bits per heavy atom. The molecule has 4 aliphatic heterocycles. The highest BCUT2D eigenvalue weighted by Crippen LogP contribution is 2.42. The Bertz CT molecular complexity index is 7730. The van der Waals surface area contributed by atoms with Crippen molar-refractivity contribution >= 4 is 87.7 Å². The third kappa shape index (κ3) is 15.6. The van der Waals surface area contributed by atoms with Crippen molar-refractivity contribution in [2.24, 2.45) is 0 Å². The number of aromatic amines is 8. The number of pyridine rings is 6. The van der Waals surface area contributed by atoms with Gasteiger partial charge in [0.25, 0.3) is 0 Å². The van der Waals surface area contributed by atoms with E-state index in [-0.39, 0.29) is 0 Å². The second kappa shape index (κ2) is 34.4. The van der Waals surface area contributed by atoms with Gasteiger partial charge in [0.05, 0.1) is 124 Å². The van der Waals surface area contributed by atoms with Gasteiger partial charge in [-0.3, -0.25) is 50.3 Å². The highest BCUT2D eigenvalue weighted by Gasteiger charge is 2.25. The monoisotopic (exact) mass is 1770 g/mol. The summed E-state index contributed by atoms with van der Waals surface area (Å²) in [5, 5.41) is 35.0. The van der Waals surface area contributed by atoms with Crippen molar-refractivity contribution in [1.29, 1.82) is 0 Å². The van der Waals surface area contributed by atoms with Gasteiger partial charge in [0.1, 0.15) is 51.3 Å². The third-order valence-corrected chi connectivity index (χ3v) is 25.6. The van der Waals surface area contributed by atoms with Gasteiger partial charge in [0.15, 0.2) is 23.3 Å². The van der Waals surface area contributed by atoms with Gasteiger partial charge in [0.2, 0.25) is 0 Å². The molecular formula is C110H82N22O4. The first kappa shape index (κ1) is 80.2. The fraction of sp³-hybridized carbons (Fsp3) is 0.109. The van der Waals surface area contributed by atoms with Crippen molar-refractivity contribution < 1.29 is 18.9 Å². The first-order valence-corrected chi connectivity index (χ1v) is 45.6. The Kier molecular flexibility index (Phi) is 20.3. The van der Waals surface area contributed by atoms with E-state index < -0.39 is 0 Å². The molecule has 0 saturated carbocycles. The lowest BCUT2D eigenvalue weighted by atomic mass is 10.00. The minimum Gasteiger partial charge on any atom is -0.492 e. The number of rotatable bonds is 0. The SMILES string of the molecule is c1cc2cc(c1)-c1cccc3[nH]c(nc13)-c1n[nH]c3ccc(cc13)-c1cncc(c1)OCCC2.c1cc2cc(c1)-c1cccc3[nH]c(nc13)-c1n[nH]c3ccc(cc13)-c1cncc(c1)OCCC2.c1cc2cc(c1)-c1cncc3[nH]c(nc13)-c1n[nH]c3ccc(cc13)-c1cncc(c1)OCCC2.c1cc2cc(c1)-c1nccc3[nH]c(nc13)-c1n[nH]c3ccc(cc13)-c1cncc(c1)OCCC2. The van der Waals surface area contributed by atoms with Gasteiger partial charge in [-0.05, 0) is 210 Å². The van der Waals surface area contributed by atoms with E-state index in [1.807, 2.05) is 98.0 Å². The number of para-hydroxylation sites is 2. The van der Waals surface area contributed by atoms with E-state index in [4.69, 9.17) is 38.9 Å². The molecule has 0 fully saturated rings. The highest BCUT2D eigenvalue weighted by atomic mass is 16.5. The minimum absolute atomic E-state index is 0.622. The van der Waals surface area contributed by atoms with Crippen molar-refractivity contribution in [2.45, 2.75) is 51.4 Å². The third-order valence-electron chi connectivity index (χ3n) is 25.6. The zero-order valence-electron chi connectivity index (χ0n) is 73.2. The van der Waals surface area contributed by atoms with E-state index in [0.717, 1.165) is 286 Å². The predicted molar refractivity (Wildman–Crippen MR) is 530 cm³/mol. The van der Waals surface area contributed by atoms with Gasteiger partial charge in [-0.15, -0.1) is 0 Å². The molecule has 10 aromatic carbocycles. The normalized spacial score (nSPS) is 13.2. The van der Waals surface area contributed by atoms with E-state index in [1.54, 1.807) is 24.8 Å². The zero-order chi connectivity index (χ0) is 89.9. The second-order valence-corrected chi connectivity index (χ2v) is 34.5. The van der Waals surface area contributed by atoms with Crippen LogP contribution in [0.5, 0.6) is 23.0 Å². The average molecular weight is 1780 g/mol. The number of aromatic nitrogens is 22. The quantitative estimate of drug-likeness (QED) is 0.0699. The summed E-state index contributed by atoms with van der Waals surface area (Å²) in [6.45, 7) is 2.52. The fourth-order valence-electron chi connectivity index (χ4n) is 18.8. The lowest BCUT2D eigenvalue weighted by molar-refractivity contribution is 0.310. The van der Waals surface area contributed by atoms with E-state index in [9.17, 15) is 0 Å².